The molecule has 2 aromatic heterocycles. The number of rotatable bonds is 7. The van der Waals surface area contributed by atoms with Crippen LogP contribution in [0.5, 0.6) is 11.8 Å². The normalized spacial score (nSPS) is 20.2. The number of alkyl halides is 1. The molecule has 5 aromatic rings. The van der Waals surface area contributed by atoms with Gasteiger partial charge < -0.3 is 20.1 Å². The lowest BCUT2D eigenvalue weighted by Gasteiger charge is -2.30. The molecule has 266 valence electrons. The van der Waals surface area contributed by atoms with Crippen LogP contribution in [0.1, 0.15) is 41.0 Å². The third-order valence-corrected chi connectivity index (χ3v) is 10.3. The molecule has 0 spiro atoms. The van der Waals surface area contributed by atoms with Gasteiger partial charge in [0.25, 0.3) is 5.91 Å². The Kier molecular flexibility index (Phi) is 8.06. The lowest BCUT2D eigenvalue weighted by Crippen LogP contribution is -2.43. The van der Waals surface area contributed by atoms with Crippen molar-refractivity contribution in [2.45, 2.75) is 44.1 Å². The van der Waals surface area contributed by atoms with E-state index in [0.717, 1.165) is 5.57 Å². The second-order valence-electron chi connectivity index (χ2n) is 13.6. The average Bonchev–Trinajstić information content (AvgIpc) is 3.70. The van der Waals surface area contributed by atoms with E-state index in [-0.39, 0.29) is 76.8 Å². The number of aryl methyl sites for hydroxylation is 1. The molecule has 1 amide bonds. The molecule has 3 aromatic carbocycles. The third kappa shape index (κ3) is 5.30. The SMILES string of the molecule is C#Cc1c(F)ccc2cccc(-c3c(F)c(OC)c4c(N5CCCn6nc(C(N)=O)cc6C5)nc(OC[C@]56CC(=C)CN5C[C@@H](F)C6)nc4c3F)c12. The van der Waals surface area contributed by atoms with E-state index in [1.807, 2.05) is 4.90 Å². The number of benzene rings is 3. The molecule has 3 aliphatic heterocycles. The minimum Gasteiger partial charge on any atom is -0.493 e. The van der Waals surface area contributed by atoms with E-state index in [1.165, 1.54) is 25.3 Å². The van der Waals surface area contributed by atoms with Gasteiger partial charge in [-0.15, -0.1) is 6.42 Å². The fraction of sp³-hybridized carbons (Fsp3) is 0.316. The standard InChI is InChI=1S/C38H33F4N7O3/c1-4-24-26(40)10-9-21-7-5-8-25(28(21)24)29-31(41)33-30(34(51-3)32(29)42)36(47-11-6-12-49-23(18-47)13-27(46-49)35(43)50)45-37(44-33)52-19-38-14-20(2)16-48(38)17-22(39)15-38/h1,5,7-10,13,22H,2,6,11-12,14-19H2,3H3,(H2,43,50)/t22-,38+/m0/s1. The zero-order valence-corrected chi connectivity index (χ0v) is 28.2. The number of nitrogens with zero attached hydrogens (tertiary/aromatic N) is 6. The second kappa shape index (κ2) is 12.5. The van der Waals surface area contributed by atoms with Gasteiger partial charge in [0.15, 0.2) is 17.4 Å². The predicted molar refractivity (Wildman–Crippen MR) is 186 cm³/mol. The number of amides is 1. The van der Waals surface area contributed by atoms with E-state index < -0.39 is 40.6 Å². The van der Waals surface area contributed by atoms with Crippen LogP contribution in [0.2, 0.25) is 0 Å². The molecule has 8 rings (SSSR count). The number of aromatic nitrogens is 4. The van der Waals surface area contributed by atoms with Gasteiger partial charge in [-0.3, -0.25) is 14.4 Å². The summed E-state index contributed by atoms with van der Waals surface area (Å²) in [6.07, 6.45) is 5.90. The molecule has 2 fully saturated rings. The summed E-state index contributed by atoms with van der Waals surface area (Å²) in [5, 5.41) is 4.86. The predicted octanol–water partition coefficient (Wildman–Crippen LogP) is 5.68. The molecule has 0 saturated carbocycles. The van der Waals surface area contributed by atoms with Crippen LogP contribution in [-0.4, -0.2) is 75.6 Å². The summed E-state index contributed by atoms with van der Waals surface area (Å²) in [6, 6.07) is 8.73. The Morgan fingerprint density at radius 2 is 1.96 bits per heavy atom. The zero-order chi connectivity index (χ0) is 36.5. The van der Waals surface area contributed by atoms with Gasteiger partial charge in [0.1, 0.15) is 35.6 Å². The Morgan fingerprint density at radius 3 is 2.73 bits per heavy atom. The van der Waals surface area contributed by atoms with Gasteiger partial charge in [-0.05, 0) is 35.9 Å². The smallest absolute Gasteiger partial charge is 0.319 e. The number of primary amides is 1. The van der Waals surface area contributed by atoms with E-state index in [2.05, 4.69) is 22.6 Å². The second-order valence-corrected chi connectivity index (χ2v) is 13.6. The van der Waals surface area contributed by atoms with Crippen molar-refractivity contribution in [2.24, 2.45) is 5.73 Å². The molecular formula is C38H33F4N7O3. The zero-order valence-electron chi connectivity index (χ0n) is 28.2. The van der Waals surface area contributed by atoms with Crippen molar-refractivity contribution >= 4 is 33.4 Å². The first kappa shape index (κ1) is 33.5. The van der Waals surface area contributed by atoms with E-state index >= 15 is 13.2 Å². The molecule has 2 N–H and O–H groups in total. The number of halogens is 4. The molecule has 2 saturated heterocycles. The molecule has 52 heavy (non-hydrogen) atoms. The van der Waals surface area contributed by atoms with Crippen molar-refractivity contribution < 1.29 is 31.8 Å². The highest BCUT2D eigenvalue weighted by molar-refractivity contribution is 6.05. The summed E-state index contributed by atoms with van der Waals surface area (Å²) in [5.74, 6) is -1.48. The van der Waals surface area contributed by atoms with Crippen molar-refractivity contribution in [3.8, 4) is 35.2 Å². The van der Waals surface area contributed by atoms with E-state index in [0.29, 0.717) is 43.6 Å². The molecule has 2 atom stereocenters. The quantitative estimate of drug-likeness (QED) is 0.130. The Morgan fingerprint density at radius 1 is 1.13 bits per heavy atom. The summed E-state index contributed by atoms with van der Waals surface area (Å²) in [4.78, 5) is 25.0. The highest BCUT2D eigenvalue weighted by atomic mass is 19.1. The van der Waals surface area contributed by atoms with Crippen molar-refractivity contribution in [3.63, 3.8) is 0 Å². The Balaban J connectivity index is 1.34. The summed E-state index contributed by atoms with van der Waals surface area (Å²) in [6.45, 7) is 5.81. The number of carbonyl (C=O) groups is 1. The number of nitrogens with two attached hydrogens (primary N) is 1. The third-order valence-electron chi connectivity index (χ3n) is 10.3. The van der Waals surface area contributed by atoms with E-state index in [9.17, 15) is 9.18 Å². The van der Waals surface area contributed by atoms with Crippen LogP contribution in [0.25, 0.3) is 32.8 Å². The summed E-state index contributed by atoms with van der Waals surface area (Å²) in [5.41, 5.74) is 5.47. The summed E-state index contributed by atoms with van der Waals surface area (Å²) >= 11 is 0. The van der Waals surface area contributed by atoms with Crippen LogP contribution in [-0.2, 0) is 13.1 Å². The maximum atomic E-state index is 17.3. The molecule has 0 unspecified atom stereocenters. The number of fused-ring (bicyclic) bond motifs is 4. The monoisotopic (exact) mass is 711 g/mol. The Bertz CT molecular complexity index is 2370. The number of anilines is 1. The maximum Gasteiger partial charge on any atom is 0.319 e. The van der Waals surface area contributed by atoms with E-state index in [4.69, 9.17) is 26.6 Å². The average molecular weight is 712 g/mol. The molecule has 14 heteroatoms. The minimum absolute atomic E-state index is 0.000576. The lowest BCUT2D eigenvalue weighted by atomic mass is 9.92. The first-order valence-electron chi connectivity index (χ1n) is 16.8. The van der Waals surface area contributed by atoms with Crippen molar-refractivity contribution in [1.82, 2.24) is 24.6 Å². The van der Waals surface area contributed by atoms with Crippen LogP contribution in [0.3, 0.4) is 0 Å². The van der Waals surface area contributed by atoms with Crippen LogP contribution >= 0.6 is 0 Å². The first-order chi connectivity index (χ1) is 25.0. The first-order valence-corrected chi connectivity index (χ1v) is 16.8. The van der Waals surface area contributed by atoms with Crippen molar-refractivity contribution in [2.75, 3.05) is 38.3 Å². The largest absolute Gasteiger partial charge is 0.493 e. The highest BCUT2D eigenvalue weighted by Gasteiger charge is 2.51. The van der Waals surface area contributed by atoms with Crippen LogP contribution in [0, 0.1) is 29.8 Å². The molecule has 0 aliphatic carbocycles. The van der Waals surface area contributed by atoms with Gasteiger partial charge in [0.2, 0.25) is 0 Å². The van der Waals surface area contributed by atoms with E-state index in [1.54, 1.807) is 27.8 Å². The van der Waals surface area contributed by atoms with Crippen LogP contribution < -0.4 is 20.1 Å². The number of hydrogen-bond acceptors (Lipinski definition) is 8. The molecule has 5 heterocycles. The van der Waals surface area contributed by atoms with Crippen LogP contribution in [0.15, 0.2) is 48.6 Å². The minimum atomic E-state index is -1.07. The van der Waals surface area contributed by atoms with Crippen molar-refractivity contribution in [1.29, 1.82) is 0 Å². The molecule has 0 radical (unpaired) electrons. The number of hydrogen-bond donors (Lipinski definition) is 1. The molecule has 10 nitrogen and oxygen atoms in total. The fourth-order valence-electron chi connectivity index (χ4n) is 8.07. The Hall–Kier alpha value is -5.68. The Labute approximate surface area is 295 Å². The van der Waals surface area contributed by atoms with Gasteiger partial charge in [0, 0.05) is 38.0 Å². The highest BCUT2D eigenvalue weighted by Crippen LogP contribution is 2.46. The van der Waals surface area contributed by atoms with Gasteiger partial charge >= 0.3 is 6.01 Å². The van der Waals surface area contributed by atoms with Crippen LogP contribution in [0.4, 0.5) is 23.4 Å². The topological polar surface area (TPSA) is 112 Å². The van der Waals surface area contributed by atoms with Gasteiger partial charge in [-0.2, -0.15) is 15.1 Å². The summed E-state index contributed by atoms with van der Waals surface area (Å²) < 4.78 is 77.4. The summed E-state index contributed by atoms with van der Waals surface area (Å²) in [7, 11) is 1.24. The molecule has 3 aliphatic rings. The van der Waals surface area contributed by atoms with Gasteiger partial charge in [-0.1, -0.05) is 42.3 Å². The number of ether oxygens (including phenoxy) is 2. The van der Waals surface area contributed by atoms with Crippen molar-refractivity contribution in [3.05, 3.63) is 83.0 Å². The fourth-order valence-corrected chi connectivity index (χ4v) is 8.07. The lowest BCUT2D eigenvalue weighted by molar-refractivity contribution is 0.0994. The number of methoxy groups -OCH3 is 1. The van der Waals surface area contributed by atoms with Gasteiger partial charge in [0.05, 0.1) is 41.4 Å². The maximum absolute atomic E-state index is 17.3. The number of terminal acetylenes is 1. The van der Waals surface area contributed by atoms with Gasteiger partial charge in [-0.25, -0.2) is 17.6 Å². The molecule has 0 bridgehead atoms. The number of carbonyl (C=O) groups excluding carboxylic acids is 1. The molecular weight excluding hydrogens is 678 g/mol.